The highest BCUT2D eigenvalue weighted by Crippen LogP contribution is 2.21. The number of nitrogens with one attached hydrogen (secondary N) is 1. The predicted octanol–water partition coefficient (Wildman–Crippen LogP) is 1.42. The number of hydrogen-bond donors (Lipinski definition) is 1. The number of aromatic nitrogens is 4. The molecule has 0 aliphatic carbocycles. The minimum absolute atomic E-state index is 0.0762. The van der Waals surface area contributed by atoms with Crippen molar-refractivity contribution >= 4 is 5.82 Å². The van der Waals surface area contributed by atoms with Gasteiger partial charge in [-0.3, -0.25) is 10.00 Å². The van der Waals surface area contributed by atoms with Crippen molar-refractivity contribution in [2.45, 2.75) is 26.0 Å². The van der Waals surface area contributed by atoms with Crippen molar-refractivity contribution in [3.8, 4) is 0 Å². The molecule has 3 rings (SSSR count). The molecule has 0 radical (unpaired) electrons. The molecule has 1 atom stereocenters. The van der Waals surface area contributed by atoms with E-state index in [2.05, 4.69) is 49.0 Å². The molecule has 1 fully saturated rings. The van der Waals surface area contributed by atoms with E-state index in [-0.39, 0.29) is 6.10 Å². The molecule has 1 unspecified atom stereocenters. The summed E-state index contributed by atoms with van der Waals surface area (Å²) in [6, 6.07) is 4.20. The maximum Gasteiger partial charge on any atom is 0.180 e. The zero-order valence-electron chi connectivity index (χ0n) is 15.8. The van der Waals surface area contributed by atoms with Gasteiger partial charge in [-0.05, 0) is 11.6 Å². The molecule has 1 saturated heterocycles. The second kappa shape index (κ2) is 9.07. The monoisotopic (exact) mass is 360 g/mol. The summed E-state index contributed by atoms with van der Waals surface area (Å²) in [5.41, 5.74) is 1.19. The smallest absolute Gasteiger partial charge is 0.180 e. The molecule has 2 aromatic rings. The Labute approximate surface area is 154 Å². The summed E-state index contributed by atoms with van der Waals surface area (Å²) in [5.74, 6) is 2.61. The highest BCUT2D eigenvalue weighted by atomic mass is 16.5. The lowest BCUT2D eigenvalue weighted by Crippen LogP contribution is -2.38. The molecule has 3 heterocycles. The Bertz CT molecular complexity index is 675. The topological polar surface area (TPSA) is 79.4 Å². The van der Waals surface area contributed by atoms with E-state index < -0.39 is 0 Å². The van der Waals surface area contributed by atoms with E-state index in [1.165, 1.54) is 5.56 Å². The molecule has 0 spiro atoms. The fourth-order valence-corrected chi connectivity index (χ4v) is 2.95. The van der Waals surface area contributed by atoms with Gasteiger partial charge in [0, 0.05) is 53.0 Å². The molecule has 0 aromatic carbocycles. The molecule has 142 valence electrons. The largest absolute Gasteiger partial charge is 0.383 e. The van der Waals surface area contributed by atoms with Gasteiger partial charge < -0.3 is 14.4 Å². The number of pyridine rings is 1. The van der Waals surface area contributed by atoms with Gasteiger partial charge >= 0.3 is 0 Å². The Balaban J connectivity index is 1.56. The number of hydrogen-bond acceptors (Lipinski definition) is 7. The first kappa shape index (κ1) is 18.8. The zero-order chi connectivity index (χ0) is 18.4. The van der Waals surface area contributed by atoms with Crippen molar-refractivity contribution in [1.29, 1.82) is 0 Å². The van der Waals surface area contributed by atoms with E-state index >= 15 is 0 Å². The molecule has 1 aliphatic heterocycles. The molecule has 8 nitrogen and oxygen atoms in total. The first-order valence-corrected chi connectivity index (χ1v) is 9.09. The fourth-order valence-electron chi connectivity index (χ4n) is 2.95. The van der Waals surface area contributed by atoms with Crippen molar-refractivity contribution in [2.75, 3.05) is 51.9 Å². The standard InChI is InChI=1S/C18H28N6O2/c1-4-16-20-18(22-21-16)15-13-24(8-10-26-15)12-14-5-6-17(19-11-14)23(2)7-9-25-3/h5-6,11,15H,4,7-10,12-13H2,1-3H3,(H,20,21,22). The van der Waals surface area contributed by atoms with Crippen LogP contribution >= 0.6 is 0 Å². The normalized spacial score (nSPS) is 18.2. The van der Waals surface area contributed by atoms with E-state index in [1.807, 2.05) is 13.2 Å². The van der Waals surface area contributed by atoms with Gasteiger partial charge in [0.15, 0.2) is 5.82 Å². The summed E-state index contributed by atoms with van der Waals surface area (Å²) in [4.78, 5) is 13.5. The molecular formula is C18H28N6O2. The van der Waals surface area contributed by atoms with Gasteiger partial charge in [-0.25, -0.2) is 9.97 Å². The highest BCUT2D eigenvalue weighted by molar-refractivity contribution is 5.38. The Morgan fingerprint density at radius 2 is 2.31 bits per heavy atom. The molecule has 26 heavy (non-hydrogen) atoms. The van der Waals surface area contributed by atoms with E-state index in [0.717, 1.165) is 50.1 Å². The van der Waals surface area contributed by atoms with Crippen LogP contribution in [0.3, 0.4) is 0 Å². The van der Waals surface area contributed by atoms with Gasteiger partial charge in [0.05, 0.1) is 13.2 Å². The van der Waals surface area contributed by atoms with Gasteiger partial charge in [-0.15, -0.1) is 0 Å². The summed E-state index contributed by atoms with van der Waals surface area (Å²) >= 11 is 0. The third-order valence-corrected chi connectivity index (χ3v) is 4.56. The van der Waals surface area contributed by atoms with E-state index in [0.29, 0.717) is 13.2 Å². The summed E-state index contributed by atoms with van der Waals surface area (Å²) < 4.78 is 11.0. The summed E-state index contributed by atoms with van der Waals surface area (Å²) in [7, 11) is 3.73. The van der Waals surface area contributed by atoms with Crippen molar-refractivity contribution in [3.63, 3.8) is 0 Å². The zero-order valence-corrected chi connectivity index (χ0v) is 15.8. The molecule has 1 N–H and O–H groups in total. The number of anilines is 1. The molecule has 8 heteroatoms. The maximum atomic E-state index is 5.86. The van der Waals surface area contributed by atoms with Crippen molar-refractivity contribution in [3.05, 3.63) is 35.5 Å². The highest BCUT2D eigenvalue weighted by Gasteiger charge is 2.25. The number of likely N-dealkylation sites (N-methyl/N-ethyl adjacent to an activating group) is 1. The number of nitrogens with zero attached hydrogens (tertiary/aromatic N) is 5. The van der Waals surface area contributed by atoms with Crippen LogP contribution in [0.4, 0.5) is 5.82 Å². The minimum Gasteiger partial charge on any atom is -0.383 e. The predicted molar refractivity (Wildman–Crippen MR) is 99.1 cm³/mol. The third-order valence-electron chi connectivity index (χ3n) is 4.56. The SMILES string of the molecule is CCc1nc(C2CN(Cc3ccc(N(C)CCOC)nc3)CCO2)n[nH]1. The third kappa shape index (κ3) is 4.78. The average molecular weight is 360 g/mol. The molecule has 0 bridgehead atoms. The van der Waals surface area contributed by atoms with Gasteiger partial charge in [0.25, 0.3) is 0 Å². The minimum atomic E-state index is -0.0762. The molecular weight excluding hydrogens is 332 g/mol. The van der Waals surface area contributed by atoms with Crippen LogP contribution in [-0.4, -0.2) is 72.1 Å². The number of rotatable bonds is 8. The number of morpholine rings is 1. The van der Waals surface area contributed by atoms with Gasteiger partial charge in [0.2, 0.25) is 0 Å². The van der Waals surface area contributed by atoms with Crippen LogP contribution in [0.5, 0.6) is 0 Å². The summed E-state index contributed by atoms with van der Waals surface area (Å²) in [6.45, 7) is 6.79. The summed E-state index contributed by atoms with van der Waals surface area (Å²) in [5, 5.41) is 7.26. The average Bonchev–Trinajstić information content (AvgIpc) is 3.16. The molecule has 2 aromatic heterocycles. The number of ether oxygens (including phenoxy) is 2. The molecule has 0 saturated carbocycles. The fraction of sp³-hybridized carbons (Fsp3) is 0.611. The van der Waals surface area contributed by atoms with Crippen molar-refractivity contribution in [1.82, 2.24) is 25.1 Å². The Morgan fingerprint density at radius 3 is 3.00 bits per heavy atom. The van der Waals surface area contributed by atoms with Crippen molar-refractivity contribution < 1.29 is 9.47 Å². The van der Waals surface area contributed by atoms with Crippen LogP contribution in [0, 0.1) is 0 Å². The lowest BCUT2D eigenvalue weighted by atomic mass is 10.2. The second-order valence-corrected chi connectivity index (χ2v) is 6.53. The van der Waals surface area contributed by atoms with Gasteiger partial charge in [0.1, 0.15) is 17.7 Å². The maximum absolute atomic E-state index is 5.86. The number of H-pyrrole nitrogens is 1. The van der Waals surface area contributed by atoms with Crippen LogP contribution in [-0.2, 0) is 22.4 Å². The first-order valence-electron chi connectivity index (χ1n) is 9.09. The molecule has 1 aliphatic rings. The Kier molecular flexibility index (Phi) is 6.54. The summed E-state index contributed by atoms with van der Waals surface area (Å²) in [6.07, 6.45) is 2.72. The number of methoxy groups -OCH3 is 1. The number of aryl methyl sites for hydroxylation is 1. The van der Waals surface area contributed by atoms with E-state index in [4.69, 9.17) is 9.47 Å². The Hall–Kier alpha value is -2.03. The molecule has 0 amide bonds. The van der Waals surface area contributed by atoms with Crippen LogP contribution in [0.15, 0.2) is 18.3 Å². The lowest BCUT2D eigenvalue weighted by molar-refractivity contribution is -0.0371. The van der Waals surface area contributed by atoms with Gasteiger partial charge in [-0.1, -0.05) is 13.0 Å². The number of aromatic amines is 1. The van der Waals surface area contributed by atoms with Gasteiger partial charge in [-0.2, -0.15) is 5.10 Å². The second-order valence-electron chi connectivity index (χ2n) is 6.53. The van der Waals surface area contributed by atoms with Crippen LogP contribution in [0.1, 0.15) is 30.2 Å². The Morgan fingerprint density at radius 1 is 1.42 bits per heavy atom. The van der Waals surface area contributed by atoms with Crippen LogP contribution in [0.2, 0.25) is 0 Å². The first-order chi connectivity index (χ1) is 12.7. The van der Waals surface area contributed by atoms with Crippen LogP contribution < -0.4 is 4.90 Å². The lowest BCUT2D eigenvalue weighted by Gasteiger charge is -2.31. The van der Waals surface area contributed by atoms with Crippen molar-refractivity contribution in [2.24, 2.45) is 0 Å². The quantitative estimate of drug-likeness (QED) is 0.762. The van der Waals surface area contributed by atoms with E-state index in [1.54, 1.807) is 7.11 Å². The van der Waals surface area contributed by atoms with E-state index in [9.17, 15) is 0 Å². The van der Waals surface area contributed by atoms with Crippen LogP contribution in [0.25, 0.3) is 0 Å².